The van der Waals surface area contributed by atoms with Gasteiger partial charge in [-0.2, -0.15) is 0 Å². The largest absolute Gasteiger partial charge is 0.480 e. The number of carbonyl (C=O) groups is 2. The van der Waals surface area contributed by atoms with Crippen LogP contribution in [0.1, 0.15) is 12.5 Å². The molecule has 0 saturated carbocycles. The maximum atomic E-state index is 11.4. The van der Waals surface area contributed by atoms with Crippen molar-refractivity contribution in [3.63, 3.8) is 0 Å². The first-order valence-electron chi connectivity index (χ1n) is 5.22. The molecule has 2 atom stereocenters. The molecule has 0 saturated heterocycles. The molecule has 5 heteroatoms. The van der Waals surface area contributed by atoms with Gasteiger partial charge in [-0.1, -0.05) is 46.3 Å². The first-order chi connectivity index (χ1) is 8.00. The number of hydrogen-bond acceptors (Lipinski definition) is 2. The Morgan fingerprint density at radius 2 is 1.94 bits per heavy atom. The molecule has 0 aliphatic heterocycles. The van der Waals surface area contributed by atoms with E-state index < -0.39 is 16.8 Å². The Morgan fingerprint density at radius 1 is 1.35 bits per heavy atom. The number of aliphatic carboxylic acids is 1. The lowest BCUT2D eigenvalue weighted by molar-refractivity contribution is -0.141. The maximum absolute atomic E-state index is 11.4. The third-order valence-corrected chi connectivity index (χ3v) is 2.67. The fourth-order valence-corrected chi connectivity index (χ4v) is 1.47. The normalized spacial score (nSPS) is 13.8. The summed E-state index contributed by atoms with van der Waals surface area (Å²) in [6.07, 6.45) is 0.279. The summed E-state index contributed by atoms with van der Waals surface area (Å²) in [7, 11) is 0. The van der Waals surface area contributed by atoms with E-state index in [0.29, 0.717) is 0 Å². The van der Waals surface area contributed by atoms with Crippen LogP contribution in [-0.2, 0) is 16.0 Å². The molecule has 92 valence electrons. The number of halogens is 1. The second kappa shape index (κ2) is 6.39. The van der Waals surface area contributed by atoms with Crippen LogP contribution < -0.4 is 5.32 Å². The molecule has 1 aromatic carbocycles. The van der Waals surface area contributed by atoms with E-state index in [4.69, 9.17) is 5.11 Å². The Hall–Kier alpha value is -1.36. The van der Waals surface area contributed by atoms with Crippen molar-refractivity contribution >= 4 is 27.8 Å². The van der Waals surface area contributed by atoms with Gasteiger partial charge < -0.3 is 10.4 Å². The molecule has 1 amide bonds. The Morgan fingerprint density at radius 3 is 2.41 bits per heavy atom. The summed E-state index contributed by atoms with van der Waals surface area (Å²) in [5, 5.41) is 11.5. The van der Waals surface area contributed by atoms with E-state index in [1.807, 2.05) is 30.3 Å². The molecule has 0 aromatic heterocycles. The van der Waals surface area contributed by atoms with Gasteiger partial charge in [0.2, 0.25) is 5.91 Å². The van der Waals surface area contributed by atoms with Gasteiger partial charge in [-0.05, 0) is 12.5 Å². The maximum Gasteiger partial charge on any atom is 0.326 e. The van der Waals surface area contributed by atoms with Gasteiger partial charge in [0.1, 0.15) is 6.04 Å². The predicted molar refractivity (Wildman–Crippen MR) is 68.1 cm³/mol. The average Bonchev–Trinajstić information content (AvgIpc) is 2.29. The number of amides is 1. The van der Waals surface area contributed by atoms with Crippen LogP contribution in [0.2, 0.25) is 0 Å². The highest BCUT2D eigenvalue weighted by atomic mass is 79.9. The molecular formula is C12H14BrNO3. The molecule has 0 bridgehead atoms. The molecule has 2 N–H and O–H groups in total. The number of carboxylic acids is 1. The van der Waals surface area contributed by atoms with Gasteiger partial charge in [-0.15, -0.1) is 0 Å². The van der Waals surface area contributed by atoms with Crippen molar-refractivity contribution in [2.24, 2.45) is 0 Å². The topological polar surface area (TPSA) is 66.4 Å². The lowest BCUT2D eigenvalue weighted by atomic mass is 10.1. The minimum atomic E-state index is -1.03. The Bertz CT molecular complexity index is 392. The molecule has 0 aliphatic rings. The second-order valence-electron chi connectivity index (χ2n) is 3.71. The summed E-state index contributed by atoms with van der Waals surface area (Å²) in [5.41, 5.74) is 0.877. The van der Waals surface area contributed by atoms with Crippen LogP contribution in [0, 0.1) is 0 Å². The van der Waals surface area contributed by atoms with Crippen molar-refractivity contribution < 1.29 is 14.7 Å². The Labute approximate surface area is 108 Å². The highest BCUT2D eigenvalue weighted by Gasteiger charge is 2.21. The van der Waals surface area contributed by atoms with Crippen molar-refractivity contribution in [1.82, 2.24) is 5.32 Å². The zero-order valence-corrected chi connectivity index (χ0v) is 11.0. The summed E-state index contributed by atoms with van der Waals surface area (Å²) in [6, 6.07) is 8.30. The van der Waals surface area contributed by atoms with Gasteiger partial charge in [0, 0.05) is 6.42 Å². The first-order valence-corrected chi connectivity index (χ1v) is 6.13. The SMILES string of the molecule is CC(Br)C(=O)NC(Cc1ccccc1)C(=O)O. The van der Waals surface area contributed by atoms with Crippen molar-refractivity contribution in [1.29, 1.82) is 0 Å². The first kappa shape index (κ1) is 13.7. The summed E-state index contributed by atoms with van der Waals surface area (Å²) in [6.45, 7) is 1.65. The van der Waals surface area contributed by atoms with E-state index in [9.17, 15) is 9.59 Å². The number of benzene rings is 1. The van der Waals surface area contributed by atoms with Gasteiger partial charge in [0.05, 0.1) is 4.83 Å². The number of rotatable bonds is 5. The second-order valence-corrected chi connectivity index (χ2v) is 5.08. The van der Waals surface area contributed by atoms with Crippen molar-refractivity contribution in [3.8, 4) is 0 Å². The van der Waals surface area contributed by atoms with Crippen LogP contribution in [0.15, 0.2) is 30.3 Å². The van der Waals surface area contributed by atoms with E-state index in [2.05, 4.69) is 21.2 Å². The summed E-state index contributed by atoms with van der Waals surface area (Å²) < 4.78 is 0. The lowest BCUT2D eigenvalue weighted by Crippen LogP contribution is -2.44. The van der Waals surface area contributed by atoms with Crippen molar-refractivity contribution in [2.45, 2.75) is 24.2 Å². The van der Waals surface area contributed by atoms with Crippen LogP contribution >= 0.6 is 15.9 Å². The van der Waals surface area contributed by atoms with E-state index in [1.54, 1.807) is 6.92 Å². The molecule has 0 spiro atoms. The predicted octanol–water partition coefficient (Wildman–Crippen LogP) is 1.58. The van der Waals surface area contributed by atoms with E-state index >= 15 is 0 Å². The van der Waals surface area contributed by atoms with Crippen LogP contribution in [0.4, 0.5) is 0 Å². The van der Waals surface area contributed by atoms with E-state index in [1.165, 1.54) is 0 Å². The van der Waals surface area contributed by atoms with Gasteiger partial charge in [0.25, 0.3) is 0 Å². The molecule has 0 aliphatic carbocycles. The molecule has 1 rings (SSSR count). The fourth-order valence-electron chi connectivity index (χ4n) is 1.34. The molecule has 1 aromatic rings. The Kier molecular flexibility index (Phi) is 5.15. The number of hydrogen-bond donors (Lipinski definition) is 2. The van der Waals surface area contributed by atoms with Gasteiger partial charge in [0.15, 0.2) is 0 Å². The third-order valence-electron chi connectivity index (χ3n) is 2.26. The van der Waals surface area contributed by atoms with E-state index in [0.717, 1.165) is 5.56 Å². The standard InChI is InChI=1S/C12H14BrNO3/c1-8(13)11(15)14-10(12(16)17)7-9-5-3-2-4-6-9/h2-6,8,10H,7H2,1H3,(H,14,15)(H,16,17). The summed E-state index contributed by atoms with van der Waals surface area (Å²) in [5.74, 6) is -1.36. The van der Waals surface area contributed by atoms with Crippen molar-refractivity contribution in [2.75, 3.05) is 0 Å². The summed E-state index contributed by atoms with van der Waals surface area (Å²) in [4.78, 5) is 22.1. The molecule has 4 nitrogen and oxygen atoms in total. The summed E-state index contributed by atoms with van der Waals surface area (Å²) >= 11 is 3.10. The molecule has 0 radical (unpaired) electrons. The van der Waals surface area contributed by atoms with Crippen molar-refractivity contribution in [3.05, 3.63) is 35.9 Å². The highest BCUT2D eigenvalue weighted by molar-refractivity contribution is 9.10. The number of carbonyl (C=O) groups excluding carboxylic acids is 1. The highest BCUT2D eigenvalue weighted by Crippen LogP contribution is 2.05. The fraction of sp³-hybridized carbons (Fsp3) is 0.333. The van der Waals surface area contributed by atoms with Crippen LogP contribution in [0.5, 0.6) is 0 Å². The minimum Gasteiger partial charge on any atom is -0.480 e. The smallest absolute Gasteiger partial charge is 0.326 e. The third kappa shape index (κ3) is 4.56. The lowest BCUT2D eigenvalue weighted by Gasteiger charge is -2.15. The molecule has 17 heavy (non-hydrogen) atoms. The number of carboxylic acid groups (broad SMARTS) is 1. The quantitative estimate of drug-likeness (QED) is 0.811. The number of nitrogens with one attached hydrogen (secondary N) is 1. The average molecular weight is 300 g/mol. The van der Waals surface area contributed by atoms with Gasteiger partial charge >= 0.3 is 5.97 Å². The zero-order valence-electron chi connectivity index (χ0n) is 9.39. The zero-order chi connectivity index (χ0) is 12.8. The minimum absolute atomic E-state index is 0.279. The molecule has 0 heterocycles. The Balaban J connectivity index is 2.68. The van der Waals surface area contributed by atoms with E-state index in [-0.39, 0.29) is 12.3 Å². The molecular weight excluding hydrogens is 286 g/mol. The monoisotopic (exact) mass is 299 g/mol. The molecule has 2 unspecified atom stereocenters. The van der Waals surface area contributed by atoms with Gasteiger partial charge in [-0.3, -0.25) is 4.79 Å². The molecule has 0 fully saturated rings. The van der Waals surface area contributed by atoms with Gasteiger partial charge in [-0.25, -0.2) is 4.79 Å². The van der Waals surface area contributed by atoms with Crippen LogP contribution in [-0.4, -0.2) is 27.9 Å². The number of alkyl halides is 1. The van der Waals surface area contributed by atoms with Crippen LogP contribution in [0.25, 0.3) is 0 Å². The van der Waals surface area contributed by atoms with Crippen LogP contribution in [0.3, 0.4) is 0 Å².